The second kappa shape index (κ2) is 5.19. The van der Waals surface area contributed by atoms with Crippen LogP contribution in [0.1, 0.15) is 15.2 Å². The van der Waals surface area contributed by atoms with Crippen LogP contribution < -0.4 is 5.32 Å². The van der Waals surface area contributed by atoms with Gasteiger partial charge in [0.25, 0.3) is 5.91 Å². The van der Waals surface area contributed by atoms with Crippen molar-refractivity contribution in [3.63, 3.8) is 0 Å². The summed E-state index contributed by atoms with van der Waals surface area (Å²) in [7, 11) is 0. The lowest BCUT2D eigenvalue weighted by Crippen LogP contribution is -2.21. The van der Waals surface area contributed by atoms with Crippen molar-refractivity contribution >= 4 is 51.8 Å². The lowest BCUT2D eigenvalue weighted by Gasteiger charge is -2.01. The van der Waals surface area contributed by atoms with Crippen LogP contribution in [0.4, 0.5) is 0 Å². The number of thiophene rings is 2. The van der Waals surface area contributed by atoms with E-state index in [0.29, 0.717) is 20.8 Å². The number of carbonyl (C=O) groups is 1. The zero-order valence-corrected chi connectivity index (χ0v) is 11.1. The molecule has 84 valence electrons. The molecule has 2 rings (SSSR count). The Morgan fingerprint density at radius 2 is 2.25 bits per heavy atom. The van der Waals surface area contributed by atoms with Crippen molar-refractivity contribution in [1.29, 1.82) is 0 Å². The van der Waals surface area contributed by atoms with E-state index in [4.69, 9.17) is 23.2 Å². The zero-order chi connectivity index (χ0) is 11.5. The molecule has 0 aliphatic rings. The summed E-state index contributed by atoms with van der Waals surface area (Å²) >= 11 is 14.4. The first-order valence-corrected chi connectivity index (χ1v) is 6.87. The third-order valence-electron chi connectivity index (χ3n) is 1.90. The van der Waals surface area contributed by atoms with E-state index in [1.807, 2.05) is 17.5 Å². The topological polar surface area (TPSA) is 29.1 Å². The maximum absolute atomic E-state index is 11.7. The fraction of sp³-hybridized carbons (Fsp3) is 0.100. The molecule has 1 N–H and O–H groups in total. The van der Waals surface area contributed by atoms with Gasteiger partial charge in [0.05, 0.1) is 16.4 Å². The summed E-state index contributed by atoms with van der Waals surface area (Å²) in [5.74, 6) is -0.193. The molecule has 0 bridgehead atoms. The molecule has 0 fully saturated rings. The Hall–Kier alpha value is -0.550. The average Bonchev–Trinajstić information content (AvgIpc) is 2.84. The number of hydrogen-bond donors (Lipinski definition) is 1. The second-order valence-electron chi connectivity index (χ2n) is 3.00. The van der Waals surface area contributed by atoms with Crippen LogP contribution in [-0.4, -0.2) is 5.91 Å². The first-order chi connectivity index (χ1) is 7.66. The third-order valence-corrected chi connectivity index (χ3v) is 4.27. The van der Waals surface area contributed by atoms with Gasteiger partial charge in [0.2, 0.25) is 0 Å². The van der Waals surface area contributed by atoms with Crippen LogP contribution in [0.15, 0.2) is 23.6 Å². The Morgan fingerprint density at radius 3 is 2.81 bits per heavy atom. The summed E-state index contributed by atoms with van der Waals surface area (Å²) in [6.07, 6.45) is 0. The van der Waals surface area contributed by atoms with Crippen molar-refractivity contribution in [1.82, 2.24) is 5.32 Å². The van der Waals surface area contributed by atoms with Gasteiger partial charge in [0, 0.05) is 4.88 Å². The summed E-state index contributed by atoms with van der Waals surface area (Å²) in [5, 5.41) is 4.76. The summed E-state index contributed by atoms with van der Waals surface area (Å²) in [6.45, 7) is 0.514. The maximum atomic E-state index is 11.7. The molecular weight excluding hydrogens is 285 g/mol. The number of rotatable bonds is 3. The zero-order valence-electron chi connectivity index (χ0n) is 8.00. The molecule has 6 heteroatoms. The van der Waals surface area contributed by atoms with Gasteiger partial charge in [0.15, 0.2) is 0 Å². The Balaban J connectivity index is 2.01. The van der Waals surface area contributed by atoms with Gasteiger partial charge in [-0.25, -0.2) is 0 Å². The molecule has 16 heavy (non-hydrogen) atoms. The fourth-order valence-electron chi connectivity index (χ4n) is 1.17. The number of amides is 1. The molecule has 0 radical (unpaired) electrons. The fourth-order valence-corrected chi connectivity index (χ4v) is 3.27. The summed E-state index contributed by atoms with van der Waals surface area (Å²) in [4.78, 5) is 12.8. The van der Waals surface area contributed by atoms with Crippen LogP contribution in [0.5, 0.6) is 0 Å². The standard InChI is InChI=1S/C10H7Cl2NOS2/c11-8-4-7(9(12)16-8)10(14)13-5-6-2-1-3-15-6/h1-4H,5H2,(H,13,14). The third kappa shape index (κ3) is 2.77. The minimum atomic E-state index is -0.193. The van der Waals surface area contributed by atoms with Gasteiger partial charge in [-0.05, 0) is 17.5 Å². The molecule has 0 atom stereocenters. The van der Waals surface area contributed by atoms with Crippen LogP contribution in [0, 0.1) is 0 Å². The molecule has 2 nitrogen and oxygen atoms in total. The monoisotopic (exact) mass is 291 g/mol. The van der Waals surface area contributed by atoms with Crippen molar-refractivity contribution in [2.45, 2.75) is 6.54 Å². The highest BCUT2D eigenvalue weighted by Crippen LogP contribution is 2.31. The van der Waals surface area contributed by atoms with E-state index < -0.39 is 0 Å². The molecule has 2 aromatic rings. The van der Waals surface area contributed by atoms with E-state index in [1.54, 1.807) is 17.4 Å². The Morgan fingerprint density at radius 1 is 1.44 bits per heavy atom. The normalized spacial score (nSPS) is 10.4. The van der Waals surface area contributed by atoms with E-state index >= 15 is 0 Å². The van der Waals surface area contributed by atoms with Gasteiger partial charge in [-0.2, -0.15) is 0 Å². The van der Waals surface area contributed by atoms with Crippen molar-refractivity contribution in [2.24, 2.45) is 0 Å². The Labute approximate surface area is 111 Å². The SMILES string of the molecule is O=C(NCc1cccs1)c1cc(Cl)sc1Cl. The van der Waals surface area contributed by atoms with Crippen LogP contribution in [0.25, 0.3) is 0 Å². The van der Waals surface area contributed by atoms with E-state index in [0.717, 1.165) is 4.88 Å². The van der Waals surface area contributed by atoms with Gasteiger partial charge >= 0.3 is 0 Å². The van der Waals surface area contributed by atoms with Crippen molar-refractivity contribution in [3.8, 4) is 0 Å². The number of carbonyl (C=O) groups excluding carboxylic acids is 1. The smallest absolute Gasteiger partial charge is 0.254 e. The highest BCUT2D eigenvalue weighted by Gasteiger charge is 2.13. The molecular formula is C10H7Cl2NOS2. The molecule has 2 aromatic heterocycles. The maximum Gasteiger partial charge on any atom is 0.254 e. The second-order valence-corrected chi connectivity index (χ2v) is 6.32. The van der Waals surface area contributed by atoms with E-state index in [1.165, 1.54) is 11.3 Å². The lowest BCUT2D eigenvalue weighted by molar-refractivity contribution is 0.0952. The summed E-state index contributed by atoms with van der Waals surface area (Å²) in [6, 6.07) is 5.49. The summed E-state index contributed by atoms with van der Waals surface area (Å²) < 4.78 is 0.944. The van der Waals surface area contributed by atoms with Crippen LogP contribution in [0.2, 0.25) is 8.67 Å². The largest absolute Gasteiger partial charge is 0.347 e. The molecule has 0 aliphatic carbocycles. The minimum Gasteiger partial charge on any atom is -0.347 e. The Kier molecular flexibility index (Phi) is 3.86. The predicted molar refractivity (Wildman–Crippen MR) is 69.8 cm³/mol. The van der Waals surface area contributed by atoms with Gasteiger partial charge < -0.3 is 5.32 Å². The molecule has 0 spiro atoms. The highest BCUT2D eigenvalue weighted by atomic mass is 35.5. The van der Waals surface area contributed by atoms with Crippen LogP contribution in [0.3, 0.4) is 0 Å². The molecule has 0 saturated carbocycles. The summed E-state index contributed by atoms with van der Waals surface area (Å²) in [5.41, 5.74) is 0.438. The first kappa shape index (κ1) is 11.9. The molecule has 2 heterocycles. The van der Waals surface area contributed by atoms with E-state index in [-0.39, 0.29) is 5.91 Å². The predicted octanol–water partition coefficient (Wildman–Crippen LogP) is 4.05. The van der Waals surface area contributed by atoms with Crippen molar-refractivity contribution < 1.29 is 4.79 Å². The molecule has 0 aliphatic heterocycles. The molecule has 1 amide bonds. The van der Waals surface area contributed by atoms with Gasteiger partial charge in [-0.1, -0.05) is 29.3 Å². The van der Waals surface area contributed by atoms with Gasteiger partial charge in [-0.3, -0.25) is 4.79 Å². The van der Waals surface area contributed by atoms with Crippen molar-refractivity contribution in [3.05, 3.63) is 42.7 Å². The number of hydrogen-bond acceptors (Lipinski definition) is 3. The van der Waals surface area contributed by atoms with Crippen LogP contribution >= 0.6 is 45.9 Å². The molecule has 0 saturated heterocycles. The van der Waals surface area contributed by atoms with E-state index in [2.05, 4.69) is 5.32 Å². The van der Waals surface area contributed by atoms with Crippen LogP contribution in [-0.2, 0) is 6.54 Å². The van der Waals surface area contributed by atoms with Gasteiger partial charge in [-0.15, -0.1) is 22.7 Å². The number of halogens is 2. The average molecular weight is 292 g/mol. The molecule has 0 aromatic carbocycles. The van der Waals surface area contributed by atoms with Crippen molar-refractivity contribution in [2.75, 3.05) is 0 Å². The first-order valence-electron chi connectivity index (χ1n) is 4.42. The highest BCUT2D eigenvalue weighted by molar-refractivity contribution is 7.20. The quantitative estimate of drug-likeness (QED) is 0.908. The minimum absolute atomic E-state index is 0.193. The lowest BCUT2D eigenvalue weighted by atomic mass is 10.3. The van der Waals surface area contributed by atoms with E-state index in [9.17, 15) is 4.79 Å². The number of nitrogens with one attached hydrogen (secondary N) is 1. The molecule has 0 unspecified atom stereocenters. The van der Waals surface area contributed by atoms with Gasteiger partial charge in [0.1, 0.15) is 4.34 Å². The Bertz CT molecular complexity index is 493.